The highest BCUT2D eigenvalue weighted by Gasteiger charge is 2.30. The topological polar surface area (TPSA) is 66.5 Å². The predicted octanol–water partition coefficient (Wildman–Crippen LogP) is 1.28. The van der Waals surface area contributed by atoms with Crippen LogP contribution < -0.4 is 5.32 Å². The van der Waals surface area contributed by atoms with Gasteiger partial charge < -0.3 is 5.32 Å². The average molecular weight is 306 g/mol. The Hall–Kier alpha value is -1.84. The summed E-state index contributed by atoms with van der Waals surface area (Å²) in [5, 5.41) is 2.80. The summed E-state index contributed by atoms with van der Waals surface area (Å²) in [6.45, 7) is 0.717. The Bertz CT molecular complexity index is 676. The minimum atomic E-state index is -3.25. The van der Waals surface area contributed by atoms with Crippen LogP contribution in [-0.2, 0) is 14.8 Å². The predicted molar refractivity (Wildman–Crippen MR) is 82.1 cm³/mol. The molecule has 1 amide bonds. The van der Waals surface area contributed by atoms with Gasteiger partial charge >= 0.3 is 0 Å². The number of benzene rings is 1. The van der Waals surface area contributed by atoms with Gasteiger partial charge in [0.15, 0.2) is 0 Å². The zero-order valence-corrected chi connectivity index (χ0v) is 12.7. The number of amides is 1. The Morgan fingerprint density at radius 2 is 2.24 bits per heavy atom. The molecule has 21 heavy (non-hydrogen) atoms. The summed E-state index contributed by atoms with van der Waals surface area (Å²) in [6, 6.07) is 7.03. The number of anilines is 1. The molecule has 1 aromatic carbocycles. The number of carbonyl (C=O) groups is 1. The zero-order valence-electron chi connectivity index (χ0n) is 11.9. The summed E-state index contributed by atoms with van der Waals surface area (Å²) >= 11 is 0. The first-order chi connectivity index (χ1) is 9.90. The van der Waals surface area contributed by atoms with Crippen molar-refractivity contribution in [2.75, 3.05) is 24.7 Å². The van der Waals surface area contributed by atoms with Crippen molar-refractivity contribution in [3.8, 4) is 12.3 Å². The maximum atomic E-state index is 12.3. The third-order valence-corrected chi connectivity index (χ3v) is 4.79. The van der Waals surface area contributed by atoms with Gasteiger partial charge in [0.1, 0.15) is 0 Å². The van der Waals surface area contributed by atoms with Crippen molar-refractivity contribution in [3.63, 3.8) is 0 Å². The van der Waals surface area contributed by atoms with Crippen LogP contribution in [0.3, 0.4) is 0 Å². The molecule has 0 spiro atoms. The smallest absolute Gasteiger partial charge is 0.228 e. The van der Waals surface area contributed by atoms with Gasteiger partial charge in [0, 0.05) is 24.3 Å². The molecule has 1 atom stereocenters. The van der Waals surface area contributed by atoms with E-state index in [2.05, 4.69) is 11.2 Å². The third-order valence-electron chi connectivity index (χ3n) is 3.52. The molecule has 1 aliphatic heterocycles. The molecule has 0 radical (unpaired) electrons. The number of sulfonamides is 1. The van der Waals surface area contributed by atoms with Crippen LogP contribution in [0.4, 0.5) is 5.69 Å². The van der Waals surface area contributed by atoms with E-state index in [1.165, 1.54) is 10.6 Å². The van der Waals surface area contributed by atoms with Gasteiger partial charge in [-0.25, -0.2) is 12.7 Å². The number of terminal acetylenes is 1. The number of hydrogen-bond acceptors (Lipinski definition) is 3. The Labute approximate surface area is 125 Å². The molecule has 0 saturated carbocycles. The number of carbonyl (C=O) groups excluding carboxylic acids is 1. The fourth-order valence-corrected chi connectivity index (χ4v) is 3.30. The second-order valence-electron chi connectivity index (χ2n) is 5.17. The van der Waals surface area contributed by atoms with E-state index in [1.807, 2.05) is 0 Å². The molecule has 1 N–H and O–H groups in total. The normalized spacial score (nSPS) is 19.7. The quantitative estimate of drug-likeness (QED) is 0.856. The van der Waals surface area contributed by atoms with E-state index in [0.717, 1.165) is 0 Å². The Morgan fingerprint density at radius 3 is 2.90 bits per heavy atom. The molecule has 112 valence electrons. The van der Waals surface area contributed by atoms with Gasteiger partial charge in [0.05, 0.1) is 12.2 Å². The Kier molecular flexibility index (Phi) is 4.66. The van der Waals surface area contributed by atoms with Crippen molar-refractivity contribution in [2.24, 2.45) is 5.92 Å². The van der Waals surface area contributed by atoms with Crippen LogP contribution in [0.2, 0.25) is 0 Å². The van der Waals surface area contributed by atoms with Crippen LogP contribution in [-0.4, -0.2) is 38.0 Å². The summed E-state index contributed by atoms with van der Waals surface area (Å²) in [5.74, 6) is 2.01. The lowest BCUT2D eigenvalue weighted by Gasteiger charge is -2.30. The maximum Gasteiger partial charge on any atom is 0.228 e. The standard InChI is InChI=1S/C15H18N2O3S/c1-3-12-6-4-8-14(10-12)16-15(18)13-7-5-9-17(11-13)21(2,19)20/h1,4,6,8,10,13H,5,7,9,11H2,2H3,(H,16,18). The van der Waals surface area contributed by atoms with Gasteiger partial charge in [-0.3, -0.25) is 4.79 Å². The molecule has 0 aliphatic carbocycles. The van der Waals surface area contributed by atoms with Gasteiger partial charge in [-0.15, -0.1) is 6.42 Å². The highest BCUT2D eigenvalue weighted by Crippen LogP contribution is 2.20. The molecule has 0 aromatic heterocycles. The molecule has 5 nitrogen and oxygen atoms in total. The summed E-state index contributed by atoms with van der Waals surface area (Å²) in [6.07, 6.45) is 7.87. The van der Waals surface area contributed by atoms with Crippen molar-refractivity contribution in [1.82, 2.24) is 4.31 Å². The first kappa shape index (κ1) is 15.5. The van der Waals surface area contributed by atoms with Crippen LogP contribution in [0.15, 0.2) is 24.3 Å². The van der Waals surface area contributed by atoms with E-state index in [9.17, 15) is 13.2 Å². The lowest BCUT2D eigenvalue weighted by atomic mass is 9.98. The van der Waals surface area contributed by atoms with Crippen molar-refractivity contribution in [3.05, 3.63) is 29.8 Å². The van der Waals surface area contributed by atoms with E-state index in [4.69, 9.17) is 6.42 Å². The second-order valence-corrected chi connectivity index (χ2v) is 7.16. The van der Waals surface area contributed by atoms with Crippen LogP contribution in [0.25, 0.3) is 0 Å². The second kappa shape index (κ2) is 6.29. The van der Waals surface area contributed by atoms with Gasteiger partial charge in [-0.05, 0) is 31.0 Å². The molecule has 1 unspecified atom stereocenters. The molecule has 0 bridgehead atoms. The van der Waals surface area contributed by atoms with Crippen LogP contribution in [0.5, 0.6) is 0 Å². The average Bonchev–Trinajstić information content (AvgIpc) is 2.46. The number of rotatable bonds is 3. The lowest BCUT2D eigenvalue weighted by Crippen LogP contribution is -2.43. The highest BCUT2D eigenvalue weighted by atomic mass is 32.2. The fourth-order valence-electron chi connectivity index (χ4n) is 2.39. The minimum absolute atomic E-state index is 0.169. The zero-order chi connectivity index (χ0) is 15.5. The molecule has 1 aromatic rings. The molecule has 6 heteroatoms. The van der Waals surface area contributed by atoms with Gasteiger partial charge in [0.2, 0.25) is 15.9 Å². The molecular formula is C15H18N2O3S. The van der Waals surface area contributed by atoms with Gasteiger partial charge in [-0.2, -0.15) is 0 Å². The van der Waals surface area contributed by atoms with Crippen LogP contribution in [0.1, 0.15) is 18.4 Å². The van der Waals surface area contributed by atoms with Crippen molar-refractivity contribution in [2.45, 2.75) is 12.8 Å². The minimum Gasteiger partial charge on any atom is -0.326 e. The van der Waals surface area contributed by atoms with E-state index < -0.39 is 10.0 Å². The lowest BCUT2D eigenvalue weighted by molar-refractivity contribution is -0.120. The fraction of sp³-hybridized carbons (Fsp3) is 0.400. The highest BCUT2D eigenvalue weighted by molar-refractivity contribution is 7.88. The third kappa shape index (κ3) is 4.06. The van der Waals surface area contributed by atoms with E-state index >= 15 is 0 Å². The van der Waals surface area contributed by atoms with Crippen LogP contribution >= 0.6 is 0 Å². The van der Waals surface area contributed by atoms with Gasteiger partial charge in [-0.1, -0.05) is 12.0 Å². The first-order valence-electron chi connectivity index (χ1n) is 6.73. The molecule has 2 rings (SSSR count). The number of nitrogens with zero attached hydrogens (tertiary/aromatic N) is 1. The molecular weight excluding hydrogens is 288 g/mol. The van der Waals surface area contributed by atoms with Gasteiger partial charge in [0.25, 0.3) is 0 Å². The SMILES string of the molecule is C#Cc1cccc(NC(=O)C2CCCN(S(C)(=O)=O)C2)c1. The molecule has 1 fully saturated rings. The van der Waals surface area contributed by atoms with Crippen molar-refractivity contribution >= 4 is 21.6 Å². The Morgan fingerprint density at radius 1 is 1.48 bits per heavy atom. The van der Waals surface area contributed by atoms with Crippen molar-refractivity contribution in [1.29, 1.82) is 0 Å². The number of piperidine rings is 1. The first-order valence-corrected chi connectivity index (χ1v) is 8.57. The van der Waals surface area contributed by atoms with Crippen molar-refractivity contribution < 1.29 is 13.2 Å². The monoisotopic (exact) mass is 306 g/mol. The molecule has 1 aliphatic rings. The molecule has 1 saturated heterocycles. The summed E-state index contributed by atoms with van der Waals surface area (Å²) in [4.78, 5) is 12.3. The molecule has 1 heterocycles. The summed E-state index contributed by atoms with van der Waals surface area (Å²) in [7, 11) is -3.25. The number of nitrogens with one attached hydrogen (secondary N) is 1. The van der Waals surface area contributed by atoms with E-state index in [-0.39, 0.29) is 18.4 Å². The Balaban J connectivity index is 2.04. The van der Waals surface area contributed by atoms with E-state index in [0.29, 0.717) is 30.6 Å². The summed E-state index contributed by atoms with van der Waals surface area (Å²) < 4.78 is 24.5. The van der Waals surface area contributed by atoms with Crippen LogP contribution in [0, 0.1) is 18.3 Å². The largest absolute Gasteiger partial charge is 0.326 e. The maximum absolute atomic E-state index is 12.3. The number of hydrogen-bond donors (Lipinski definition) is 1. The summed E-state index contributed by atoms with van der Waals surface area (Å²) in [5.41, 5.74) is 1.32. The van der Waals surface area contributed by atoms with E-state index in [1.54, 1.807) is 24.3 Å².